The average Bonchev–Trinajstić information content (AvgIpc) is 3.12. The second kappa shape index (κ2) is 9.85. The SMILES string of the molecule is CCN1CCC(Cc2cc(C)c3c(c2)CN(Cc2ccc(OC(F)(F)F)cc2)C3C=O)CC1. The maximum Gasteiger partial charge on any atom is 0.573 e. The normalized spacial score (nSPS) is 20.1. The van der Waals surface area contributed by atoms with Gasteiger partial charge < -0.3 is 14.4 Å². The van der Waals surface area contributed by atoms with Crippen molar-refractivity contribution in [2.75, 3.05) is 19.6 Å². The van der Waals surface area contributed by atoms with Gasteiger partial charge in [0.25, 0.3) is 0 Å². The van der Waals surface area contributed by atoms with Crippen LogP contribution in [0.3, 0.4) is 0 Å². The Morgan fingerprint density at radius 2 is 1.79 bits per heavy atom. The molecule has 4 rings (SSSR count). The minimum atomic E-state index is -4.71. The number of carbonyl (C=O) groups is 1. The van der Waals surface area contributed by atoms with Gasteiger partial charge in [0.05, 0.1) is 6.04 Å². The Bertz CT molecular complexity index is 967. The number of likely N-dealkylation sites (tertiary alicyclic amines) is 1. The van der Waals surface area contributed by atoms with Crippen LogP contribution in [-0.2, 0) is 24.3 Å². The van der Waals surface area contributed by atoms with Crippen molar-refractivity contribution >= 4 is 6.29 Å². The van der Waals surface area contributed by atoms with Gasteiger partial charge in [-0.2, -0.15) is 0 Å². The molecule has 0 spiro atoms. The number of aryl methyl sites for hydroxylation is 1. The van der Waals surface area contributed by atoms with E-state index in [9.17, 15) is 18.0 Å². The summed E-state index contributed by atoms with van der Waals surface area (Å²) >= 11 is 0. The van der Waals surface area contributed by atoms with Crippen LogP contribution < -0.4 is 4.74 Å². The summed E-state index contributed by atoms with van der Waals surface area (Å²) in [5.74, 6) is 0.454. The van der Waals surface area contributed by atoms with Gasteiger partial charge in [0.2, 0.25) is 0 Å². The fourth-order valence-corrected chi connectivity index (χ4v) is 5.30. The van der Waals surface area contributed by atoms with Gasteiger partial charge in [-0.1, -0.05) is 31.2 Å². The van der Waals surface area contributed by atoms with E-state index in [0.29, 0.717) is 19.0 Å². The van der Waals surface area contributed by atoms with Crippen molar-refractivity contribution in [2.24, 2.45) is 5.92 Å². The number of hydrogen-bond donors (Lipinski definition) is 0. The zero-order valence-corrected chi connectivity index (χ0v) is 19.2. The van der Waals surface area contributed by atoms with Crippen LogP contribution in [0.15, 0.2) is 36.4 Å². The van der Waals surface area contributed by atoms with Gasteiger partial charge in [-0.05, 0) is 91.7 Å². The Labute approximate surface area is 193 Å². The number of alkyl halides is 3. The molecule has 33 heavy (non-hydrogen) atoms. The van der Waals surface area contributed by atoms with Crippen LogP contribution in [0.2, 0.25) is 0 Å². The lowest BCUT2D eigenvalue weighted by Crippen LogP contribution is -2.34. The maximum atomic E-state index is 12.4. The summed E-state index contributed by atoms with van der Waals surface area (Å²) in [6, 6.07) is 10.0. The first-order valence-corrected chi connectivity index (χ1v) is 11.6. The number of nitrogens with zero attached hydrogens (tertiary/aromatic N) is 2. The predicted molar refractivity (Wildman–Crippen MR) is 121 cm³/mol. The minimum Gasteiger partial charge on any atom is -0.406 e. The Morgan fingerprint density at radius 3 is 2.39 bits per heavy atom. The van der Waals surface area contributed by atoms with E-state index in [1.54, 1.807) is 12.1 Å². The largest absolute Gasteiger partial charge is 0.573 e. The van der Waals surface area contributed by atoms with Crippen molar-refractivity contribution in [3.05, 3.63) is 64.2 Å². The van der Waals surface area contributed by atoms with Crippen molar-refractivity contribution in [2.45, 2.75) is 58.6 Å². The Balaban J connectivity index is 1.45. The van der Waals surface area contributed by atoms with Crippen LogP contribution in [-0.4, -0.2) is 42.1 Å². The van der Waals surface area contributed by atoms with Crippen molar-refractivity contribution < 1.29 is 22.7 Å². The standard InChI is InChI=1S/C26H31F3N2O2/c1-3-30-10-8-19(9-11-30)13-21-12-18(2)25-22(14-21)16-31(24(25)17-32)15-20-4-6-23(7-5-20)33-26(27,28)29/h4-7,12,14,17,19,24H,3,8-11,13,15-16H2,1-2H3. The van der Waals surface area contributed by atoms with Crippen LogP contribution in [0.5, 0.6) is 5.75 Å². The third-order valence-corrected chi connectivity index (χ3v) is 6.95. The van der Waals surface area contributed by atoms with Crippen LogP contribution in [0.1, 0.15) is 53.6 Å². The molecule has 0 aromatic heterocycles. The van der Waals surface area contributed by atoms with Crippen molar-refractivity contribution in [3.8, 4) is 5.75 Å². The van der Waals surface area contributed by atoms with Crippen molar-refractivity contribution in [1.29, 1.82) is 0 Å². The van der Waals surface area contributed by atoms with E-state index in [-0.39, 0.29) is 11.8 Å². The van der Waals surface area contributed by atoms with Gasteiger partial charge in [-0.15, -0.1) is 13.2 Å². The molecule has 2 aromatic rings. The number of aldehydes is 1. The third kappa shape index (κ3) is 5.76. The quantitative estimate of drug-likeness (QED) is 0.517. The Kier molecular flexibility index (Phi) is 7.10. The van der Waals surface area contributed by atoms with Crippen molar-refractivity contribution in [1.82, 2.24) is 9.80 Å². The molecule has 0 amide bonds. The molecule has 2 aliphatic rings. The van der Waals surface area contributed by atoms with Crippen LogP contribution in [0.4, 0.5) is 13.2 Å². The maximum absolute atomic E-state index is 12.4. The summed E-state index contributed by atoms with van der Waals surface area (Å²) in [5, 5.41) is 0. The summed E-state index contributed by atoms with van der Waals surface area (Å²) < 4.78 is 41.1. The number of rotatable bonds is 7. The van der Waals surface area contributed by atoms with Gasteiger partial charge in [0.15, 0.2) is 0 Å². The van der Waals surface area contributed by atoms with E-state index in [1.807, 2.05) is 0 Å². The number of carbonyl (C=O) groups excluding carboxylic acids is 1. The fraction of sp³-hybridized carbons (Fsp3) is 0.500. The van der Waals surface area contributed by atoms with E-state index in [0.717, 1.165) is 35.9 Å². The molecule has 0 aliphatic carbocycles. The number of benzene rings is 2. The predicted octanol–water partition coefficient (Wildman–Crippen LogP) is 5.42. The summed E-state index contributed by atoms with van der Waals surface area (Å²) in [6.45, 7) is 8.87. The highest BCUT2D eigenvalue weighted by molar-refractivity contribution is 5.66. The highest BCUT2D eigenvalue weighted by Crippen LogP contribution is 2.37. The number of ether oxygens (including phenoxy) is 1. The number of fused-ring (bicyclic) bond motifs is 1. The second-order valence-electron chi connectivity index (χ2n) is 9.24. The molecular formula is C26H31F3N2O2. The molecular weight excluding hydrogens is 429 g/mol. The van der Waals surface area contributed by atoms with E-state index in [1.165, 1.54) is 49.2 Å². The first-order valence-electron chi connectivity index (χ1n) is 11.6. The summed E-state index contributed by atoms with van der Waals surface area (Å²) in [4.78, 5) is 16.6. The lowest BCUT2D eigenvalue weighted by Gasteiger charge is -2.31. The molecule has 2 aromatic carbocycles. The van der Waals surface area contributed by atoms with E-state index < -0.39 is 6.36 Å². The first-order chi connectivity index (χ1) is 15.8. The summed E-state index contributed by atoms with van der Waals surface area (Å²) in [7, 11) is 0. The van der Waals surface area contributed by atoms with E-state index >= 15 is 0 Å². The molecule has 7 heteroatoms. The molecule has 178 valence electrons. The zero-order chi connectivity index (χ0) is 23.6. The first kappa shape index (κ1) is 23.8. The van der Waals surface area contributed by atoms with Gasteiger partial charge in [-0.3, -0.25) is 4.90 Å². The molecule has 2 aliphatic heterocycles. The molecule has 1 atom stereocenters. The van der Waals surface area contributed by atoms with E-state index in [4.69, 9.17) is 0 Å². The third-order valence-electron chi connectivity index (χ3n) is 6.95. The highest BCUT2D eigenvalue weighted by atomic mass is 19.4. The van der Waals surface area contributed by atoms with Gasteiger partial charge in [-0.25, -0.2) is 0 Å². The lowest BCUT2D eigenvalue weighted by molar-refractivity contribution is -0.274. The number of hydrogen-bond acceptors (Lipinski definition) is 4. The topological polar surface area (TPSA) is 32.8 Å². The van der Waals surface area contributed by atoms with E-state index in [2.05, 4.69) is 40.5 Å². The monoisotopic (exact) mass is 460 g/mol. The molecule has 0 saturated carbocycles. The summed E-state index contributed by atoms with van der Waals surface area (Å²) in [6.07, 6.45) is -0.219. The highest BCUT2D eigenvalue weighted by Gasteiger charge is 2.33. The smallest absolute Gasteiger partial charge is 0.406 e. The molecule has 2 heterocycles. The van der Waals surface area contributed by atoms with Gasteiger partial charge >= 0.3 is 6.36 Å². The number of piperidine rings is 1. The van der Waals surface area contributed by atoms with Crippen LogP contribution in [0, 0.1) is 12.8 Å². The van der Waals surface area contributed by atoms with Crippen LogP contribution >= 0.6 is 0 Å². The number of halogens is 3. The second-order valence-corrected chi connectivity index (χ2v) is 9.24. The molecule has 0 radical (unpaired) electrons. The zero-order valence-electron chi connectivity index (χ0n) is 19.2. The molecule has 1 saturated heterocycles. The summed E-state index contributed by atoms with van der Waals surface area (Å²) in [5.41, 5.74) is 5.57. The average molecular weight is 461 g/mol. The molecule has 0 N–H and O–H groups in total. The van der Waals surface area contributed by atoms with Gasteiger partial charge in [0, 0.05) is 13.1 Å². The Hall–Kier alpha value is -2.38. The van der Waals surface area contributed by atoms with Crippen LogP contribution in [0.25, 0.3) is 0 Å². The van der Waals surface area contributed by atoms with Gasteiger partial charge in [0.1, 0.15) is 12.0 Å². The molecule has 1 fully saturated rings. The van der Waals surface area contributed by atoms with Crippen molar-refractivity contribution in [3.63, 3.8) is 0 Å². The molecule has 4 nitrogen and oxygen atoms in total. The molecule has 0 bridgehead atoms. The Morgan fingerprint density at radius 1 is 1.09 bits per heavy atom. The molecule has 1 unspecified atom stereocenters. The lowest BCUT2D eigenvalue weighted by atomic mass is 9.87. The minimum absolute atomic E-state index is 0.242. The fourth-order valence-electron chi connectivity index (χ4n) is 5.30.